The molecular weight excluding hydrogens is 484 g/mol. The predicted octanol–water partition coefficient (Wildman–Crippen LogP) is 6.57. The summed E-state index contributed by atoms with van der Waals surface area (Å²) >= 11 is 10.7. The molecule has 30 heavy (non-hydrogen) atoms. The van der Waals surface area contributed by atoms with Gasteiger partial charge in [0.15, 0.2) is 5.17 Å². The van der Waals surface area contributed by atoms with E-state index in [-0.39, 0.29) is 5.91 Å². The van der Waals surface area contributed by atoms with Crippen molar-refractivity contribution >= 4 is 62.1 Å². The lowest BCUT2D eigenvalue weighted by molar-refractivity contribution is -0.115. The molecular formula is C23H16BrClN2O2S. The standard InChI is InChI=1S/C23H16BrClN2O2S/c24-17-6-11-20(29-14-15-4-2-1-3-5-15)16(12-17)13-21-22(28)27-23(30-21)26-19-9-7-18(25)8-10-19/h1-13H,14H2,(H,26,27,28)/b21-13-. The van der Waals surface area contributed by atoms with E-state index in [4.69, 9.17) is 16.3 Å². The molecule has 150 valence electrons. The van der Waals surface area contributed by atoms with Crippen LogP contribution in [0, 0.1) is 0 Å². The SMILES string of the molecule is O=C1NC(=Nc2ccc(Cl)cc2)S/C1=C\c1cc(Br)ccc1OCc1ccccc1. The minimum Gasteiger partial charge on any atom is -0.488 e. The zero-order valence-electron chi connectivity index (χ0n) is 15.6. The molecule has 0 aliphatic carbocycles. The number of carbonyl (C=O) groups excluding carboxylic acids is 1. The Labute approximate surface area is 192 Å². The molecule has 7 heteroatoms. The second-order valence-corrected chi connectivity index (χ2v) is 8.80. The van der Waals surface area contributed by atoms with Gasteiger partial charge >= 0.3 is 0 Å². The number of halogens is 2. The summed E-state index contributed by atoms with van der Waals surface area (Å²) in [5.41, 5.74) is 2.60. The van der Waals surface area contributed by atoms with Crippen LogP contribution in [0.2, 0.25) is 5.02 Å². The summed E-state index contributed by atoms with van der Waals surface area (Å²) in [6.07, 6.45) is 1.81. The number of hydrogen-bond donors (Lipinski definition) is 1. The van der Waals surface area contributed by atoms with Crippen LogP contribution in [0.15, 0.2) is 87.2 Å². The number of nitrogens with one attached hydrogen (secondary N) is 1. The molecule has 1 fully saturated rings. The van der Waals surface area contributed by atoms with Gasteiger partial charge in [0, 0.05) is 15.1 Å². The minimum atomic E-state index is -0.193. The first-order valence-corrected chi connectivity index (χ1v) is 11.1. The highest BCUT2D eigenvalue weighted by molar-refractivity contribution is 9.10. The molecule has 1 amide bonds. The lowest BCUT2D eigenvalue weighted by Gasteiger charge is -2.10. The van der Waals surface area contributed by atoms with E-state index in [1.54, 1.807) is 24.3 Å². The Morgan fingerprint density at radius 3 is 2.60 bits per heavy atom. The van der Waals surface area contributed by atoms with Crippen molar-refractivity contribution in [2.75, 3.05) is 0 Å². The fourth-order valence-corrected chi connectivity index (χ4v) is 4.09. The second kappa shape index (κ2) is 9.51. The molecule has 3 aromatic rings. The van der Waals surface area contributed by atoms with E-state index in [1.165, 1.54) is 11.8 Å². The molecule has 0 radical (unpaired) electrons. The van der Waals surface area contributed by atoms with Crippen LogP contribution in [-0.2, 0) is 11.4 Å². The van der Waals surface area contributed by atoms with Gasteiger partial charge in [0.2, 0.25) is 0 Å². The Hall–Kier alpha value is -2.54. The van der Waals surface area contributed by atoms with Gasteiger partial charge < -0.3 is 10.1 Å². The summed E-state index contributed by atoms with van der Waals surface area (Å²) < 4.78 is 6.91. The van der Waals surface area contributed by atoms with E-state index < -0.39 is 0 Å². The minimum absolute atomic E-state index is 0.193. The van der Waals surface area contributed by atoms with Crippen molar-refractivity contribution < 1.29 is 9.53 Å². The number of amidine groups is 1. The van der Waals surface area contributed by atoms with Crippen LogP contribution < -0.4 is 10.1 Å². The number of rotatable bonds is 5. The molecule has 0 aromatic heterocycles. The van der Waals surface area contributed by atoms with Crippen molar-refractivity contribution in [3.63, 3.8) is 0 Å². The van der Waals surface area contributed by atoms with Gasteiger partial charge in [-0.1, -0.05) is 57.9 Å². The van der Waals surface area contributed by atoms with Crippen molar-refractivity contribution in [2.24, 2.45) is 4.99 Å². The van der Waals surface area contributed by atoms with Crippen molar-refractivity contribution in [2.45, 2.75) is 6.61 Å². The molecule has 1 N–H and O–H groups in total. The average molecular weight is 500 g/mol. The van der Waals surface area contributed by atoms with Crippen LogP contribution in [0.4, 0.5) is 5.69 Å². The number of nitrogens with zero attached hydrogens (tertiary/aromatic N) is 1. The Bertz CT molecular complexity index is 1130. The van der Waals surface area contributed by atoms with Crippen molar-refractivity contribution in [3.05, 3.63) is 98.3 Å². The van der Waals surface area contributed by atoms with Gasteiger partial charge in [-0.2, -0.15) is 0 Å². The van der Waals surface area contributed by atoms with Crippen molar-refractivity contribution in [3.8, 4) is 5.75 Å². The van der Waals surface area contributed by atoms with Crippen LogP contribution in [0.3, 0.4) is 0 Å². The summed E-state index contributed by atoms with van der Waals surface area (Å²) in [7, 11) is 0. The van der Waals surface area contributed by atoms with E-state index in [9.17, 15) is 4.79 Å². The third-order valence-electron chi connectivity index (χ3n) is 4.20. The molecule has 4 nitrogen and oxygen atoms in total. The Morgan fingerprint density at radius 1 is 1.07 bits per heavy atom. The van der Waals surface area contributed by atoms with E-state index in [0.29, 0.717) is 27.5 Å². The quantitative estimate of drug-likeness (QED) is 0.404. The molecule has 1 saturated heterocycles. The second-order valence-electron chi connectivity index (χ2n) is 6.41. The first kappa shape index (κ1) is 20.7. The van der Waals surface area contributed by atoms with Crippen LogP contribution >= 0.6 is 39.3 Å². The fraction of sp³-hybridized carbons (Fsp3) is 0.0435. The molecule has 1 aliphatic rings. The number of aliphatic imine (C=N–C) groups is 1. The van der Waals surface area contributed by atoms with E-state index in [2.05, 4.69) is 26.2 Å². The number of carbonyl (C=O) groups is 1. The lowest BCUT2D eigenvalue weighted by Crippen LogP contribution is -2.19. The summed E-state index contributed by atoms with van der Waals surface area (Å²) in [4.78, 5) is 17.5. The van der Waals surface area contributed by atoms with Crippen LogP contribution in [0.5, 0.6) is 5.75 Å². The first-order valence-electron chi connectivity index (χ1n) is 9.08. The fourth-order valence-electron chi connectivity index (χ4n) is 2.75. The molecule has 0 atom stereocenters. The third kappa shape index (κ3) is 5.33. The molecule has 0 spiro atoms. The maximum atomic E-state index is 12.5. The number of ether oxygens (including phenoxy) is 1. The highest BCUT2D eigenvalue weighted by Crippen LogP contribution is 2.32. The highest BCUT2D eigenvalue weighted by atomic mass is 79.9. The Balaban J connectivity index is 1.55. The molecule has 4 rings (SSSR count). The van der Waals surface area contributed by atoms with Gasteiger partial charge in [0.05, 0.1) is 10.6 Å². The summed E-state index contributed by atoms with van der Waals surface area (Å²) in [6.45, 7) is 0.446. The third-order valence-corrected chi connectivity index (χ3v) is 5.86. The highest BCUT2D eigenvalue weighted by Gasteiger charge is 2.24. The molecule has 0 saturated carbocycles. The van der Waals surface area contributed by atoms with Gasteiger partial charge in [-0.25, -0.2) is 4.99 Å². The number of amides is 1. The molecule has 1 aliphatic heterocycles. The average Bonchev–Trinajstić information content (AvgIpc) is 3.08. The van der Waals surface area contributed by atoms with Crippen molar-refractivity contribution in [1.29, 1.82) is 0 Å². The van der Waals surface area contributed by atoms with Crippen LogP contribution in [0.1, 0.15) is 11.1 Å². The number of hydrogen-bond acceptors (Lipinski definition) is 4. The van der Waals surface area contributed by atoms with Gasteiger partial charge in [0.1, 0.15) is 12.4 Å². The topological polar surface area (TPSA) is 50.7 Å². The van der Waals surface area contributed by atoms with Gasteiger partial charge in [0.25, 0.3) is 5.91 Å². The molecule has 1 heterocycles. The van der Waals surface area contributed by atoms with Crippen LogP contribution in [-0.4, -0.2) is 11.1 Å². The zero-order chi connectivity index (χ0) is 20.9. The van der Waals surface area contributed by atoms with Gasteiger partial charge in [-0.3, -0.25) is 4.79 Å². The van der Waals surface area contributed by atoms with Crippen molar-refractivity contribution in [1.82, 2.24) is 5.32 Å². The maximum absolute atomic E-state index is 12.5. The summed E-state index contributed by atoms with van der Waals surface area (Å²) in [5.74, 6) is 0.507. The molecule has 0 unspecified atom stereocenters. The smallest absolute Gasteiger partial charge is 0.264 e. The monoisotopic (exact) mass is 498 g/mol. The van der Waals surface area contributed by atoms with E-state index >= 15 is 0 Å². The normalized spacial score (nSPS) is 16.1. The lowest BCUT2D eigenvalue weighted by atomic mass is 10.2. The predicted molar refractivity (Wildman–Crippen MR) is 127 cm³/mol. The largest absolute Gasteiger partial charge is 0.488 e. The molecule has 0 bridgehead atoms. The van der Waals surface area contributed by atoms with E-state index in [1.807, 2.05) is 54.6 Å². The van der Waals surface area contributed by atoms with E-state index in [0.717, 1.165) is 21.3 Å². The van der Waals surface area contributed by atoms with Gasteiger partial charge in [-0.05, 0) is 65.9 Å². The van der Waals surface area contributed by atoms with Crippen LogP contribution in [0.25, 0.3) is 6.08 Å². The number of thioether (sulfide) groups is 1. The first-order chi connectivity index (χ1) is 14.6. The van der Waals surface area contributed by atoms with Gasteiger partial charge in [-0.15, -0.1) is 0 Å². The molecule has 3 aromatic carbocycles. The summed E-state index contributed by atoms with van der Waals surface area (Å²) in [5, 5.41) is 3.96. The Kier molecular flexibility index (Phi) is 6.57. The number of benzene rings is 3. The Morgan fingerprint density at radius 2 is 1.83 bits per heavy atom. The maximum Gasteiger partial charge on any atom is 0.264 e. The summed E-state index contributed by atoms with van der Waals surface area (Å²) in [6, 6.07) is 22.8. The zero-order valence-corrected chi connectivity index (χ0v) is 18.8.